The maximum Gasteiger partial charge on any atom is 0.109 e. The van der Waals surface area contributed by atoms with Crippen LogP contribution in [0.25, 0.3) is 0 Å². The van der Waals surface area contributed by atoms with Crippen LogP contribution >= 0.6 is 23.0 Å². The number of aliphatic hydroxyl groups excluding tert-OH is 1. The second-order valence-electron chi connectivity index (χ2n) is 3.50. The molecule has 1 atom stereocenters. The predicted octanol–water partition coefficient (Wildman–Crippen LogP) is 2.09. The van der Waals surface area contributed by atoms with Gasteiger partial charge in [0, 0.05) is 17.3 Å². The van der Waals surface area contributed by atoms with Crippen LogP contribution in [0.1, 0.15) is 19.0 Å². The number of pyridine rings is 1. The van der Waals surface area contributed by atoms with Crippen LogP contribution in [-0.4, -0.2) is 23.3 Å². The van der Waals surface area contributed by atoms with E-state index in [0.717, 1.165) is 12.1 Å². The Morgan fingerprint density at radius 3 is 2.86 bits per heavy atom. The smallest absolute Gasteiger partial charge is 0.109 e. The molecule has 78 valence electrons. The van der Waals surface area contributed by atoms with Crippen molar-refractivity contribution in [2.24, 2.45) is 0 Å². The van der Waals surface area contributed by atoms with Crippen LogP contribution in [-0.2, 0) is 8.48 Å². The van der Waals surface area contributed by atoms with Gasteiger partial charge in [0.15, 0.2) is 0 Å². The summed E-state index contributed by atoms with van der Waals surface area (Å²) >= 11 is 1.86. The second-order valence-corrected chi connectivity index (χ2v) is 4.12. The normalized spacial score (nSPS) is 15.1. The van der Waals surface area contributed by atoms with E-state index in [0.29, 0.717) is 6.61 Å². The van der Waals surface area contributed by atoms with Crippen molar-refractivity contribution in [1.82, 2.24) is 4.98 Å². The quantitative estimate of drug-likeness (QED) is 0.847. The third-order valence-corrected chi connectivity index (χ3v) is 2.80. The minimum Gasteiger partial charge on any atom is -0.395 e. The first kappa shape index (κ1) is 11.9. The lowest BCUT2D eigenvalue weighted by Gasteiger charge is -2.25. The number of aromatic nitrogens is 1. The fraction of sp³-hybridized carbons (Fsp3) is 0.500. The average molecular weight is 307 g/mol. The highest BCUT2D eigenvalue weighted by atomic mass is 127. The molecule has 1 unspecified atom stereocenters. The van der Waals surface area contributed by atoms with E-state index in [1.807, 2.05) is 48.1 Å². The van der Waals surface area contributed by atoms with Crippen molar-refractivity contribution in [3.63, 3.8) is 0 Å². The summed E-state index contributed by atoms with van der Waals surface area (Å²) in [5, 5.41) is 9.37. The van der Waals surface area contributed by atoms with E-state index in [-0.39, 0.29) is 12.0 Å². The molecule has 0 bridgehead atoms. The molecular formula is C10H14INO2. The van der Waals surface area contributed by atoms with Gasteiger partial charge in [0.25, 0.3) is 0 Å². The van der Waals surface area contributed by atoms with Crippen LogP contribution in [0.15, 0.2) is 24.4 Å². The van der Waals surface area contributed by atoms with Crippen molar-refractivity contribution in [3.8, 4) is 0 Å². The Morgan fingerprint density at radius 2 is 2.36 bits per heavy atom. The van der Waals surface area contributed by atoms with Crippen molar-refractivity contribution in [2.45, 2.75) is 18.8 Å². The Bertz CT molecular complexity index is 268. The number of nitrogens with zero attached hydrogens (tertiary/aromatic N) is 1. The SMILES string of the molecule is CC(CO)(CCOI)c1ccccn1. The third-order valence-electron chi connectivity index (χ3n) is 2.36. The fourth-order valence-corrected chi connectivity index (χ4v) is 1.49. The summed E-state index contributed by atoms with van der Waals surface area (Å²) in [7, 11) is 0. The summed E-state index contributed by atoms with van der Waals surface area (Å²) in [4.78, 5) is 4.26. The predicted molar refractivity (Wildman–Crippen MR) is 63.3 cm³/mol. The minimum absolute atomic E-state index is 0.0873. The van der Waals surface area contributed by atoms with E-state index in [4.69, 9.17) is 3.07 Å². The lowest BCUT2D eigenvalue weighted by atomic mass is 9.84. The Kier molecular flexibility index (Phi) is 4.77. The van der Waals surface area contributed by atoms with Crippen LogP contribution in [0.4, 0.5) is 0 Å². The van der Waals surface area contributed by atoms with Crippen molar-refractivity contribution in [1.29, 1.82) is 0 Å². The molecule has 0 spiro atoms. The lowest BCUT2D eigenvalue weighted by Crippen LogP contribution is -2.29. The monoisotopic (exact) mass is 307 g/mol. The van der Waals surface area contributed by atoms with Gasteiger partial charge >= 0.3 is 0 Å². The summed E-state index contributed by atoms with van der Waals surface area (Å²) in [6, 6.07) is 5.74. The molecule has 0 aliphatic rings. The molecule has 0 aliphatic carbocycles. The zero-order valence-corrected chi connectivity index (χ0v) is 10.3. The second kappa shape index (κ2) is 5.63. The number of halogens is 1. The summed E-state index contributed by atoms with van der Waals surface area (Å²) in [6.07, 6.45) is 2.51. The highest BCUT2D eigenvalue weighted by Crippen LogP contribution is 2.25. The first-order valence-electron chi connectivity index (χ1n) is 4.49. The summed E-state index contributed by atoms with van der Waals surface area (Å²) in [5.41, 5.74) is 0.614. The van der Waals surface area contributed by atoms with Gasteiger partial charge in [-0.05, 0) is 18.6 Å². The zero-order chi connectivity index (χ0) is 10.4. The molecule has 0 saturated carbocycles. The topological polar surface area (TPSA) is 42.4 Å². The van der Waals surface area contributed by atoms with Gasteiger partial charge in [-0.1, -0.05) is 13.0 Å². The molecule has 1 aromatic heterocycles. The first-order chi connectivity index (χ1) is 6.73. The van der Waals surface area contributed by atoms with E-state index >= 15 is 0 Å². The number of hydrogen-bond acceptors (Lipinski definition) is 3. The largest absolute Gasteiger partial charge is 0.395 e. The average Bonchev–Trinajstić information content (AvgIpc) is 2.27. The molecule has 14 heavy (non-hydrogen) atoms. The van der Waals surface area contributed by atoms with Gasteiger partial charge in [0.05, 0.1) is 13.2 Å². The van der Waals surface area contributed by atoms with Gasteiger partial charge in [-0.25, -0.2) is 0 Å². The molecule has 1 rings (SSSR count). The van der Waals surface area contributed by atoms with E-state index < -0.39 is 0 Å². The maximum atomic E-state index is 9.37. The van der Waals surface area contributed by atoms with Crippen LogP contribution < -0.4 is 0 Å². The molecule has 0 aliphatic heterocycles. The number of rotatable bonds is 5. The molecule has 4 heteroatoms. The molecule has 1 aromatic rings. The highest BCUT2D eigenvalue weighted by Gasteiger charge is 2.26. The molecule has 0 amide bonds. The minimum atomic E-state index is -0.299. The highest BCUT2D eigenvalue weighted by molar-refractivity contribution is 14.1. The fourth-order valence-electron chi connectivity index (χ4n) is 1.27. The lowest BCUT2D eigenvalue weighted by molar-refractivity contribution is 0.179. The third kappa shape index (κ3) is 2.90. The van der Waals surface area contributed by atoms with Gasteiger partial charge in [0.2, 0.25) is 0 Å². The van der Waals surface area contributed by atoms with Crippen LogP contribution in [0.5, 0.6) is 0 Å². The summed E-state index contributed by atoms with van der Waals surface area (Å²) in [6.45, 7) is 2.70. The first-order valence-corrected chi connectivity index (χ1v) is 5.37. The van der Waals surface area contributed by atoms with Gasteiger partial charge in [-0.3, -0.25) is 4.98 Å². The number of hydrogen-bond donors (Lipinski definition) is 1. The van der Waals surface area contributed by atoms with Gasteiger partial charge in [-0.2, -0.15) is 0 Å². The van der Waals surface area contributed by atoms with Gasteiger partial charge < -0.3 is 8.17 Å². The summed E-state index contributed by atoms with van der Waals surface area (Å²) < 4.78 is 4.99. The van der Waals surface area contributed by atoms with E-state index in [1.54, 1.807) is 6.20 Å². The maximum absolute atomic E-state index is 9.37. The molecule has 0 fully saturated rings. The zero-order valence-electron chi connectivity index (χ0n) is 8.11. The molecule has 1 N–H and O–H groups in total. The van der Waals surface area contributed by atoms with E-state index in [2.05, 4.69) is 4.98 Å². The Hall–Kier alpha value is -0.200. The molecule has 1 heterocycles. The molecule has 0 radical (unpaired) electrons. The molecular weight excluding hydrogens is 293 g/mol. The molecule has 0 saturated heterocycles. The van der Waals surface area contributed by atoms with Crippen molar-refractivity contribution in [2.75, 3.05) is 13.2 Å². The van der Waals surface area contributed by atoms with Crippen LogP contribution in [0, 0.1) is 0 Å². The Balaban J connectivity index is 2.79. The molecule has 0 aromatic carbocycles. The van der Waals surface area contributed by atoms with E-state index in [9.17, 15) is 5.11 Å². The van der Waals surface area contributed by atoms with Gasteiger partial charge in [0.1, 0.15) is 23.0 Å². The Labute approximate surface area is 98.2 Å². The van der Waals surface area contributed by atoms with Crippen molar-refractivity contribution >= 4 is 23.0 Å². The number of aliphatic hydroxyl groups is 1. The standard InChI is InChI=1S/C10H14INO2/c1-10(8-13,5-7-14-11)9-4-2-3-6-12-9/h2-4,6,13H,5,7-8H2,1H3. The van der Waals surface area contributed by atoms with E-state index in [1.165, 1.54) is 0 Å². The van der Waals surface area contributed by atoms with Crippen LogP contribution in [0.2, 0.25) is 0 Å². The van der Waals surface area contributed by atoms with Crippen molar-refractivity contribution in [3.05, 3.63) is 30.1 Å². The van der Waals surface area contributed by atoms with Gasteiger partial charge in [-0.15, -0.1) is 0 Å². The summed E-state index contributed by atoms with van der Waals surface area (Å²) in [5.74, 6) is 0. The Morgan fingerprint density at radius 1 is 1.57 bits per heavy atom. The van der Waals surface area contributed by atoms with Crippen molar-refractivity contribution < 1.29 is 8.17 Å². The van der Waals surface area contributed by atoms with Crippen LogP contribution in [0.3, 0.4) is 0 Å². The molecule has 3 nitrogen and oxygen atoms in total.